The van der Waals surface area contributed by atoms with E-state index in [1.807, 2.05) is 19.1 Å². The van der Waals surface area contributed by atoms with Crippen LogP contribution in [0, 0.1) is 6.92 Å². The van der Waals surface area contributed by atoms with Gasteiger partial charge in [-0.3, -0.25) is 9.69 Å². The third kappa shape index (κ3) is 3.04. The second-order valence-corrected chi connectivity index (χ2v) is 6.31. The van der Waals surface area contributed by atoms with Crippen molar-refractivity contribution < 1.29 is 9.90 Å². The molecule has 0 spiro atoms. The molecule has 3 rings (SSSR count). The van der Waals surface area contributed by atoms with Crippen LogP contribution in [0.25, 0.3) is 0 Å². The number of aryl methyl sites for hydroxylation is 1. The molecule has 21 heavy (non-hydrogen) atoms. The largest absolute Gasteiger partial charge is 0.399 e. The topological polar surface area (TPSA) is 78.6 Å². The van der Waals surface area contributed by atoms with Crippen molar-refractivity contribution in [2.75, 3.05) is 17.6 Å². The van der Waals surface area contributed by atoms with Crippen LogP contribution in [0.15, 0.2) is 18.2 Å². The Kier molecular flexibility index (Phi) is 3.87. The number of hydrogen-bond donors (Lipinski definition) is 3. The number of nitrogens with one attached hydrogen (secondary N) is 1. The zero-order chi connectivity index (χ0) is 15.0. The molecule has 4 N–H and O–H groups in total. The van der Waals surface area contributed by atoms with Gasteiger partial charge in [0.2, 0.25) is 5.91 Å². The van der Waals surface area contributed by atoms with Crippen molar-refractivity contribution in [2.45, 2.75) is 50.8 Å². The molecule has 0 aromatic heterocycles. The van der Waals surface area contributed by atoms with Gasteiger partial charge in [-0.15, -0.1) is 0 Å². The van der Waals surface area contributed by atoms with E-state index in [9.17, 15) is 9.90 Å². The first-order valence-corrected chi connectivity index (χ1v) is 7.62. The van der Waals surface area contributed by atoms with Gasteiger partial charge in [0.25, 0.3) is 0 Å². The summed E-state index contributed by atoms with van der Waals surface area (Å²) < 4.78 is 0. The monoisotopic (exact) mass is 289 g/mol. The second-order valence-electron chi connectivity index (χ2n) is 6.31. The third-order valence-electron chi connectivity index (χ3n) is 4.71. The highest BCUT2D eigenvalue weighted by Gasteiger charge is 2.40. The van der Waals surface area contributed by atoms with Crippen molar-refractivity contribution in [3.8, 4) is 0 Å². The number of carbonyl (C=O) groups excluding carboxylic acids is 1. The fraction of sp³-hybridized carbons (Fsp3) is 0.562. The molecule has 2 bridgehead atoms. The number of nitrogens with two attached hydrogens (primary N) is 1. The summed E-state index contributed by atoms with van der Waals surface area (Å²) in [5, 5.41) is 12.8. The molecule has 1 aromatic rings. The fourth-order valence-corrected chi connectivity index (χ4v) is 3.69. The first-order chi connectivity index (χ1) is 10.0. The van der Waals surface area contributed by atoms with Crippen molar-refractivity contribution in [3.05, 3.63) is 23.8 Å². The molecule has 2 atom stereocenters. The Labute approximate surface area is 125 Å². The lowest BCUT2D eigenvalue weighted by Crippen LogP contribution is -2.47. The Bertz CT molecular complexity index is 532. The Morgan fingerprint density at radius 1 is 1.38 bits per heavy atom. The van der Waals surface area contributed by atoms with Gasteiger partial charge in [0, 0.05) is 23.5 Å². The fourth-order valence-electron chi connectivity index (χ4n) is 3.69. The Hall–Kier alpha value is -1.59. The zero-order valence-corrected chi connectivity index (χ0v) is 12.4. The van der Waals surface area contributed by atoms with E-state index < -0.39 is 0 Å². The second kappa shape index (κ2) is 5.66. The highest BCUT2D eigenvalue weighted by atomic mass is 16.3. The molecule has 5 nitrogen and oxygen atoms in total. The predicted molar refractivity (Wildman–Crippen MR) is 83.0 cm³/mol. The Morgan fingerprint density at radius 3 is 2.67 bits per heavy atom. The number of anilines is 2. The number of carbonyl (C=O) groups is 1. The van der Waals surface area contributed by atoms with Crippen molar-refractivity contribution in [3.63, 3.8) is 0 Å². The van der Waals surface area contributed by atoms with E-state index in [0.717, 1.165) is 36.9 Å². The van der Waals surface area contributed by atoms with E-state index in [1.165, 1.54) is 0 Å². The Balaban J connectivity index is 1.62. The standard InChI is InChI=1S/C16H23N3O2/c1-10-6-11(17)2-5-15(10)18-16(21)9-19-12-3-4-13(19)8-14(20)7-12/h2,5-6,12-14,20H,3-4,7-9,17H2,1H3,(H,18,21). The lowest BCUT2D eigenvalue weighted by atomic mass is 10.00. The summed E-state index contributed by atoms with van der Waals surface area (Å²) in [4.78, 5) is 14.5. The van der Waals surface area contributed by atoms with Crippen LogP contribution in [0.3, 0.4) is 0 Å². The van der Waals surface area contributed by atoms with E-state index in [-0.39, 0.29) is 12.0 Å². The average molecular weight is 289 g/mol. The van der Waals surface area contributed by atoms with Crippen LogP contribution in [-0.2, 0) is 4.79 Å². The minimum atomic E-state index is -0.193. The van der Waals surface area contributed by atoms with E-state index >= 15 is 0 Å². The van der Waals surface area contributed by atoms with Crippen LogP contribution in [0.4, 0.5) is 11.4 Å². The van der Waals surface area contributed by atoms with Crippen molar-refractivity contribution in [1.29, 1.82) is 0 Å². The van der Waals surface area contributed by atoms with Crippen LogP contribution in [0.2, 0.25) is 0 Å². The van der Waals surface area contributed by atoms with Crippen molar-refractivity contribution in [1.82, 2.24) is 4.90 Å². The molecular formula is C16H23N3O2. The molecule has 2 heterocycles. The first kappa shape index (κ1) is 14.4. The van der Waals surface area contributed by atoms with E-state index in [2.05, 4.69) is 10.2 Å². The minimum absolute atomic E-state index is 0.0103. The van der Waals surface area contributed by atoms with Gasteiger partial charge >= 0.3 is 0 Å². The lowest BCUT2D eigenvalue weighted by molar-refractivity contribution is -0.119. The SMILES string of the molecule is Cc1cc(N)ccc1NC(=O)CN1C2CCC1CC(O)C2. The lowest BCUT2D eigenvalue weighted by Gasteiger charge is -2.36. The molecule has 5 heteroatoms. The van der Waals surface area contributed by atoms with Gasteiger partial charge in [-0.25, -0.2) is 0 Å². The average Bonchev–Trinajstić information content (AvgIpc) is 2.66. The summed E-state index contributed by atoms with van der Waals surface area (Å²) in [7, 11) is 0. The maximum Gasteiger partial charge on any atom is 0.238 e. The van der Waals surface area contributed by atoms with Crippen LogP contribution >= 0.6 is 0 Å². The van der Waals surface area contributed by atoms with Gasteiger partial charge in [0.15, 0.2) is 0 Å². The van der Waals surface area contributed by atoms with Crippen molar-refractivity contribution in [2.24, 2.45) is 0 Å². The summed E-state index contributed by atoms with van der Waals surface area (Å²) in [6.45, 7) is 2.35. The van der Waals surface area contributed by atoms with Crippen LogP contribution in [0.1, 0.15) is 31.2 Å². The highest BCUT2D eigenvalue weighted by Crippen LogP contribution is 2.35. The molecule has 2 aliphatic rings. The molecule has 0 aliphatic carbocycles. The number of aliphatic hydroxyl groups excluding tert-OH is 1. The number of amides is 1. The normalized spacial score (nSPS) is 28.6. The molecule has 114 valence electrons. The van der Waals surface area contributed by atoms with E-state index in [4.69, 9.17) is 5.73 Å². The molecule has 1 aromatic carbocycles. The molecular weight excluding hydrogens is 266 g/mol. The summed E-state index contributed by atoms with van der Waals surface area (Å²) in [6.07, 6.45) is 3.59. The zero-order valence-electron chi connectivity index (χ0n) is 12.4. The highest BCUT2D eigenvalue weighted by molar-refractivity contribution is 5.93. The van der Waals surface area contributed by atoms with Gasteiger partial charge in [-0.2, -0.15) is 0 Å². The molecule has 2 unspecified atom stereocenters. The number of benzene rings is 1. The number of piperidine rings is 1. The van der Waals surface area contributed by atoms with Gasteiger partial charge in [-0.1, -0.05) is 0 Å². The maximum absolute atomic E-state index is 12.3. The van der Waals surface area contributed by atoms with Crippen LogP contribution in [0.5, 0.6) is 0 Å². The number of aliphatic hydroxyl groups is 1. The summed E-state index contributed by atoms with van der Waals surface area (Å²) in [6, 6.07) is 6.21. The molecule has 2 saturated heterocycles. The number of fused-ring (bicyclic) bond motifs is 2. The Morgan fingerprint density at radius 2 is 2.05 bits per heavy atom. The summed E-state index contributed by atoms with van der Waals surface area (Å²) in [5.74, 6) is 0.0103. The number of rotatable bonds is 3. The van der Waals surface area contributed by atoms with E-state index in [0.29, 0.717) is 24.3 Å². The number of hydrogen-bond acceptors (Lipinski definition) is 4. The molecule has 0 saturated carbocycles. The van der Waals surface area contributed by atoms with E-state index in [1.54, 1.807) is 6.07 Å². The van der Waals surface area contributed by atoms with Gasteiger partial charge in [0.1, 0.15) is 0 Å². The number of nitrogen functional groups attached to an aromatic ring is 1. The predicted octanol–water partition coefficient (Wildman–Crippen LogP) is 1.50. The molecule has 1 amide bonds. The first-order valence-electron chi connectivity index (χ1n) is 7.62. The van der Waals surface area contributed by atoms with Gasteiger partial charge in [-0.05, 0) is 56.4 Å². The van der Waals surface area contributed by atoms with Crippen LogP contribution in [-0.4, -0.2) is 40.6 Å². The van der Waals surface area contributed by atoms with Gasteiger partial charge in [0.05, 0.1) is 12.6 Å². The molecule has 2 aliphatic heterocycles. The quantitative estimate of drug-likeness (QED) is 0.737. The summed E-state index contributed by atoms with van der Waals surface area (Å²) in [5.41, 5.74) is 8.21. The maximum atomic E-state index is 12.3. The molecule has 2 fully saturated rings. The van der Waals surface area contributed by atoms with Crippen molar-refractivity contribution >= 4 is 17.3 Å². The smallest absolute Gasteiger partial charge is 0.238 e. The van der Waals surface area contributed by atoms with Gasteiger partial charge < -0.3 is 16.2 Å². The minimum Gasteiger partial charge on any atom is -0.399 e. The van der Waals surface area contributed by atoms with Crippen LogP contribution < -0.4 is 11.1 Å². The molecule has 0 radical (unpaired) electrons. The summed E-state index contributed by atoms with van der Waals surface area (Å²) >= 11 is 0. The number of nitrogens with zero attached hydrogens (tertiary/aromatic N) is 1. The third-order valence-corrected chi connectivity index (χ3v) is 4.71.